The number of nitrogens with two attached hydrogens (primary N) is 1. The molecule has 0 aliphatic carbocycles. The topological polar surface area (TPSA) is 52.3 Å². The van der Waals surface area contributed by atoms with Gasteiger partial charge >= 0.3 is 0 Å². The van der Waals surface area contributed by atoms with E-state index in [1.54, 1.807) is 0 Å². The third-order valence-corrected chi connectivity index (χ3v) is 3.12. The molecule has 2 rings (SSSR count). The standard InChI is InChI=1S/C15H19NO2/c16-13(12-6-2-1-3-7-12)9-10-14(17)15-8-4-5-11-18-15/h1-3,6-8,13H,4-5,9-11,16H2. The van der Waals surface area contributed by atoms with Crippen molar-refractivity contribution in [1.29, 1.82) is 0 Å². The van der Waals surface area contributed by atoms with Gasteiger partial charge in [0, 0.05) is 12.5 Å². The Morgan fingerprint density at radius 2 is 2.11 bits per heavy atom. The van der Waals surface area contributed by atoms with Crippen molar-refractivity contribution in [3.05, 3.63) is 47.7 Å². The van der Waals surface area contributed by atoms with Crippen LogP contribution in [0.5, 0.6) is 0 Å². The number of hydrogen-bond acceptors (Lipinski definition) is 3. The van der Waals surface area contributed by atoms with Crippen LogP contribution in [-0.2, 0) is 9.53 Å². The van der Waals surface area contributed by atoms with Crippen LogP contribution in [0.4, 0.5) is 0 Å². The van der Waals surface area contributed by atoms with Crippen LogP contribution in [0, 0.1) is 0 Å². The van der Waals surface area contributed by atoms with Crippen LogP contribution >= 0.6 is 0 Å². The lowest BCUT2D eigenvalue weighted by Gasteiger charge is -2.15. The number of ketones is 1. The summed E-state index contributed by atoms with van der Waals surface area (Å²) in [4.78, 5) is 11.9. The van der Waals surface area contributed by atoms with Crippen LogP contribution in [0.1, 0.15) is 37.3 Å². The van der Waals surface area contributed by atoms with E-state index in [-0.39, 0.29) is 11.8 Å². The third kappa shape index (κ3) is 3.44. The van der Waals surface area contributed by atoms with E-state index in [1.807, 2.05) is 36.4 Å². The summed E-state index contributed by atoms with van der Waals surface area (Å²) in [6.07, 6.45) is 4.93. The van der Waals surface area contributed by atoms with Gasteiger partial charge in [-0.15, -0.1) is 0 Å². The maximum atomic E-state index is 11.9. The molecule has 96 valence electrons. The molecule has 2 N–H and O–H groups in total. The largest absolute Gasteiger partial charge is 0.490 e. The van der Waals surface area contributed by atoms with Crippen molar-refractivity contribution in [3.8, 4) is 0 Å². The van der Waals surface area contributed by atoms with E-state index in [0.717, 1.165) is 18.4 Å². The summed E-state index contributed by atoms with van der Waals surface area (Å²) in [5, 5.41) is 0. The van der Waals surface area contributed by atoms with Crippen molar-refractivity contribution >= 4 is 5.78 Å². The molecule has 0 amide bonds. The van der Waals surface area contributed by atoms with Gasteiger partial charge in [-0.2, -0.15) is 0 Å². The van der Waals surface area contributed by atoms with Gasteiger partial charge in [0.15, 0.2) is 11.5 Å². The first-order valence-electron chi connectivity index (χ1n) is 6.44. The smallest absolute Gasteiger partial charge is 0.197 e. The molecule has 3 heteroatoms. The van der Waals surface area contributed by atoms with Gasteiger partial charge < -0.3 is 10.5 Å². The predicted octanol–water partition coefficient (Wildman–Crippen LogP) is 2.73. The molecule has 0 bridgehead atoms. The second-order valence-corrected chi connectivity index (χ2v) is 4.54. The Kier molecular flexibility index (Phi) is 4.53. The number of carbonyl (C=O) groups is 1. The van der Waals surface area contributed by atoms with Crippen molar-refractivity contribution in [3.63, 3.8) is 0 Å². The van der Waals surface area contributed by atoms with Crippen molar-refractivity contribution < 1.29 is 9.53 Å². The summed E-state index contributed by atoms with van der Waals surface area (Å²) in [5.74, 6) is 0.600. The number of Topliss-reactive ketones (excluding diaryl/α,β-unsaturated/α-hetero) is 1. The van der Waals surface area contributed by atoms with Gasteiger partial charge in [0.1, 0.15) is 0 Å². The minimum absolute atomic E-state index is 0.0704. The summed E-state index contributed by atoms with van der Waals surface area (Å²) >= 11 is 0. The fourth-order valence-corrected chi connectivity index (χ4v) is 2.03. The molecule has 0 saturated carbocycles. The lowest BCUT2D eigenvalue weighted by Crippen LogP contribution is -2.15. The van der Waals surface area contributed by atoms with Gasteiger partial charge in [-0.05, 0) is 30.9 Å². The Morgan fingerprint density at radius 3 is 2.78 bits per heavy atom. The Balaban J connectivity index is 1.84. The summed E-state index contributed by atoms with van der Waals surface area (Å²) in [6.45, 7) is 0.655. The Hall–Kier alpha value is -1.61. The summed E-state index contributed by atoms with van der Waals surface area (Å²) in [7, 11) is 0. The molecule has 0 radical (unpaired) electrons. The van der Waals surface area contributed by atoms with Crippen LogP contribution in [0.3, 0.4) is 0 Å². The molecular weight excluding hydrogens is 226 g/mol. The Labute approximate surface area is 108 Å². The van der Waals surface area contributed by atoms with Crippen LogP contribution in [0.15, 0.2) is 42.2 Å². The van der Waals surface area contributed by atoms with E-state index in [0.29, 0.717) is 25.2 Å². The highest BCUT2D eigenvalue weighted by Crippen LogP contribution is 2.18. The molecule has 1 aromatic rings. The van der Waals surface area contributed by atoms with Crippen LogP contribution in [0.25, 0.3) is 0 Å². The van der Waals surface area contributed by atoms with Crippen LogP contribution in [-0.4, -0.2) is 12.4 Å². The summed E-state index contributed by atoms with van der Waals surface area (Å²) in [5.41, 5.74) is 7.13. The highest BCUT2D eigenvalue weighted by atomic mass is 16.5. The van der Waals surface area contributed by atoms with Crippen molar-refractivity contribution in [2.75, 3.05) is 6.61 Å². The van der Waals surface area contributed by atoms with Crippen LogP contribution in [0.2, 0.25) is 0 Å². The van der Waals surface area contributed by atoms with Crippen molar-refractivity contribution in [2.24, 2.45) is 5.73 Å². The van der Waals surface area contributed by atoms with E-state index in [4.69, 9.17) is 10.5 Å². The summed E-state index contributed by atoms with van der Waals surface area (Å²) in [6, 6.07) is 9.78. The Morgan fingerprint density at radius 1 is 1.33 bits per heavy atom. The molecule has 1 unspecified atom stereocenters. The third-order valence-electron chi connectivity index (χ3n) is 3.12. The number of benzene rings is 1. The fraction of sp³-hybridized carbons (Fsp3) is 0.400. The first kappa shape index (κ1) is 12.8. The average Bonchev–Trinajstić information content (AvgIpc) is 2.46. The number of ether oxygens (including phenoxy) is 1. The van der Waals surface area contributed by atoms with E-state index < -0.39 is 0 Å². The van der Waals surface area contributed by atoms with Gasteiger partial charge in [0.25, 0.3) is 0 Å². The molecular formula is C15H19NO2. The fourth-order valence-electron chi connectivity index (χ4n) is 2.03. The molecule has 1 atom stereocenters. The molecule has 3 nitrogen and oxygen atoms in total. The monoisotopic (exact) mass is 245 g/mol. The molecule has 1 aromatic carbocycles. The summed E-state index contributed by atoms with van der Waals surface area (Å²) < 4.78 is 5.35. The number of allylic oxidation sites excluding steroid dienone is 2. The minimum atomic E-state index is -0.0839. The second-order valence-electron chi connectivity index (χ2n) is 4.54. The SMILES string of the molecule is NC(CCC(=O)C1=CCCCO1)c1ccccc1. The second kappa shape index (κ2) is 6.36. The normalized spacial score (nSPS) is 16.6. The van der Waals surface area contributed by atoms with Crippen molar-refractivity contribution in [2.45, 2.75) is 31.7 Å². The zero-order chi connectivity index (χ0) is 12.8. The van der Waals surface area contributed by atoms with E-state index in [9.17, 15) is 4.79 Å². The number of rotatable bonds is 5. The molecule has 0 saturated heterocycles. The van der Waals surface area contributed by atoms with Gasteiger partial charge in [-0.3, -0.25) is 4.79 Å². The molecule has 1 aliphatic heterocycles. The van der Waals surface area contributed by atoms with E-state index >= 15 is 0 Å². The molecule has 0 spiro atoms. The first-order chi connectivity index (χ1) is 8.77. The van der Waals surface area contributed by atoms with Gasteiger partial charge in [-0.25, -0.2) is 0 Å². The van der Waals surface area contributed by atoms with Crippen molar-refractivity contribution in [1.82, 2.24) is 0 Å². The molecule has 18 heavy (non-hydrogen) atoms. The first-order valence-corrected chi connectivity index (χ1v) is 6.44. The molecule has 1 heterocycles. The van der Waals surface area contributed by atoms with Crippen LogP contribution < -0.4 is 5.73 Å². The predicted molar refractivity (Wildman–Crippen MR) is 70.9 cm³/mol. The zero-order valence-corrected chi connectivity index (χ0v) is 10.5. The van der Waals surface area contributed by atoms with Gasteiger partial charge in [0.05, 0.1) is 6.61 Å². The molecule has 0 aromatic heterocycles. The van der Waals surface area contributed by atoms with Gasteiger partial charge in [0.2, 0.25) is 0 Å². The number of carbonyl (C=O) groups excluding carboxylic acids is 1. The molecule has 0 fully saturated rings. The highest BCUT2D eigenvalue weighted by molar-refractivity contribution is 5.93. The lowest BCUT2D eigenvalue weighted by molar-refractivity contribution is -0.119. The lowest BCUT2D eigenvalue weighted by atomic mass is 10.0. The average molecular weight is 245 g/mol. The zero-order valence-electron chi connectivity index (χ0n) is 10.5. The Bertz CT molecular complexity index is 425. The van der Waals surface area contributed by atoms with E-state index in [2.05, 4.69) is 0 Å². The van der Waals surface area contributed by atoms with E-state index in [1.165, 1.54) is 0 Å². The number of hydrogen-bond donors (Lipinski definition) is 1. The maximum absolute atomic E-state index is 11.9. The minimum Gasteiger partial charge on any atom is -0.490 e. The highest BCUT2D eigenvalue weighted by Gasteiger charge is 2.15. The molecule has 1 aliphatic rings. The quantitative estimate of drug-likeness (QED) is 0.867. The maximum Gasteiger partial charge on any atom is 0.197 e. The van der Waals surface area contributed by atoms with Gasteiger partial charge in [-0.1, -0.05) is 30.3 Å².